The van der Waals surface area contributed by atoms with Gasteiger partial charge in [-0.15, -0.1) is 0 Å². The average molecular weight is 336 g/mol. The van der Waals surface area contributed by atoms with Crippen molar-refractivity contribution in [2.24, 2.45) is 0 Å². The number of anilines is 2. The Morgan fingerprint density at radius 2 is 2.32 bits per heavy atom. The van der Waals surface area contributed by atoms with E-state index in [4.69, 9.17) is 10.5 Å². The highest BCUT2D eigenvalue weighted by Crippen LogP contribution is 2.33. The molecule has 2 aromatic rings. The fraction of sp³-hybridized carbons (Fsp3) is 0.316. The van der Waals surface area contributed by atoms with Gasteiger partial charge >= 0.3 is 0 Å². The number of ether oxygens (including phenoxy) is 1. The van der Waals surface area contributed by atoms with Crippen LogP contribution in [0.3, 0.4) is 0 Å². The normalized spacial score (nSPS) is 16.4. The summed E-state index contributed by atoms with van der Waals surface area (Å²) in [4.78, 5) is 16.0. The molecule has 1 amide bonds. The van der Waals surface area contributed by atoms with Crippen LogP contribution in [0.25, 0.3) is 11.3 Å². The largest absolute Gasteiger partial charge is 0.383 e. The lowest BCUT2D eigenvalue weighted by atomic mass is 9.93. The number of nitrogens with zero attached hydrogens (tertiary/aromatic N) is 2. The van der Waals surface area contributed by atoms with Crippen LogP contribution in [0.15, 0.2) is 30.3 Å². The van der Waals surface area contributed by atoms with Crippen LogP contribution in [-0.2, 0) is 9.53 Å². The zero-order valence-corrected chi connectivity index (χ0v) is 14.1. The summed E-state index contributed by atoms with van der Waals surface area (Å²) in [5.41, 5.74) is 9.57. The van der Waals surface area contributed by atoms with Gasteiger partial charge in [0.25, 0.3) is 0 Å². The Balaban J connectivity index is 2.01. The Kier molecular flexibility index (Phi) is 4.96. The van der Waals surface area contributed by atoms with Crippen LogP contribution < -0.4 is 11.1 Å². The molecule has 0 radical (unpaired) electrons. The summed E-state index contributed by atoms with van der Waals surface area (Å²) in [5, 5.41) is 12.3. The maximum Gasteiger partial charge on any atom is 0.224 e. The fourth-order valence-electron chi connectivity index (χ4n) is 2.96. The number of carbonyl (C=O) groups excluding carboxylic acids is 1. The van der Waals surface area contributed by atoms with Crippen molar-refractivity contribution < 1.29 is 9.53 Å². The van der Waals surface area contributed by atoms with Gasteiger partial charge in [0.15, 0.2) is 0 Å². The molecule has 2 heterocycles. The van der Waals surface area contributed by atoms with Crippen molar-refractivity contribution in [3.8, 4) is 17.3 Å². The molecule has 1 aliphatic rings. The molecule has 0 aliphatic carbocycles. The topological polar surface area (TPSA) is 101 Å². The SMILES string of the molecule is CCC(=O)Nc1cccc(-c2cc(C3CCOC3)c(C#N)c(N)n2)c1. The van der Waals surface area contributed by atoms with E-state index in [1.54, 1.807) is 6.92 Å². The molecule has 1 fully saturated rings. The van der Waals surface area contributed by atoms with Gasteiger partial charge in [-0.25, -0.2) is 4.98 Å². The summed E-state index contributed by atoms with van der Waals surface area (Å²) in [6.45, 7) is 3.08. The predicted molar refractivity (Wildman–Crippen MR) is 95.9 cm³/mol. The van der Waals surface area contributed by atoms with Gasteiger partial charge in [-0.2, -0.15) is 5.26 Å². The maximum atomic E-state index is 11.6. The lowest BCUT2D eigenvalue weighted by Gasteiger charge is -2.14. The first-order valence-corrected chi connectivity index (χ1v) is 8.31. The zero-order valence-electron chi connectivity index (χ0n) is 14.1. The molecule has 6 heteroatoms. The van der Waals surface area contributed by atoms with E-state index in [0.717, 1.165) is 17.5 Å². The molecule has 128 valence electrons. The Bertz CT molecular complexity index is 836. The number of rotatable bonds is 4. The zero-order chi connectivity index (χ0) is 17.8. The molecule has 1 atom stereocenters. The van der Waals surface area contributed by atoms with Crippen LogP contribution in [0, 0.1) is 11.3 Å². The first-order chi connectivity index (χ1) is 12.1. The van der Waals surface area contributed by atoms with E-state index in [1.807, 2.05) is 30.3 Å². The summed E-state index contributed by atoms with van der Waals surface area (Å²) in [5.74, 6) is 0.333. The van der Waals surface area contributed by atoms with Crippen LogP contribution in [-0.4, -0.2) is 24.1 Å². The van der Waals surface area contributed by atoms with Gasteiger partial charge in [0.2, 0.25) is 5.91 Å². The van der Waals surface area contributed by atoms with Gasteiger partial charge in [-0.3, -0.25) is 4.79 Å². The molecule has 1 saturated heterocycles. The number of pyridine rings is 1. The van der Waals surface area contributed by atoms with Gasteiger partial charge in [0.05, 0.1) is 17.9 Å². The predicted octanol–water partition coefficient (Wildman–Crippen LogP) is 3.05. The van der Waals surface area contributed by atoms with Crippen molar-refractivity contribution in [2.45, 2.75) is 25.7 Å². The van der Waals surface area contributed by atoms with Crippen molar-refractivity contribution in [1.82, 2.24) is 4.98 Å². The van der Waals surface area contributed by atoms with E-state index in [1.165, 1.54) is 0 Å². The second-order valence-electron chi connectivity index (χ2n) is 6.01. The van der Waals surface area contributed by atoms with E-state index in [9.17, 15) is 10.1 Å². The van der Waals surface area contributed by atoms with E-state index in [0.29, 0.717) is 36.6 Å². The summed E-state index contributed by atoms with van der Waals surface area (Å²) in [6, 6.07) is 11.5. The molecule has 0 spiro atoms. The van der Waals surface area contributed by atoms with Gasteiger partial charge in [-0.05, 0) is 30.2 Å². The third kappa shape index (κ3) is 3.62. The number of aromatic nitrogens is 1. The Labute approximate surface area is 146 Å². The number of nitrogen functional groups attached to an aromatic ring is 1. The summed E-state index contributed by atoms with van der Waals surface area (Å²) >= 11 is 0. The van der Waals surface area contributed by atoms with Crippen LogP contribution >= 0.6 is 0 Å². The Morgan fingerprint density at radius 3 is 3.00 bits per heavy atom. The molecule has 0 saturated carbocycles. The number of amides is 1. The third-order valence-corrected chi connectivity index (χ3v) is 4.32. The van der Waals surface area contributed by atoms with Crippen molar-refractivity contribution in [2.75, 3.05) is 24.3 Å². The summed E-state index contributed by atoms with van der Waals surface area (Å²) in [6.07, 6.45) is 1.28. The Morgan fingerprint density at radius 1 is 1.48 bits per heavy atom. The maximum absolute atomic E-state index is 11.6. The fourth-order valence-corrected chi connectivity index (χ4v) is 2.96. The minimum atomic E-state index is -0.0479. The van der Waals surface area contributed by atoms with Crippen molar-refractivity contribution in [3.05, 3.63) is 41.5 Å². The van der Waals surface area contributed by atoms with Gasteiger partial charge in [-0.1, -0.05) is 19.1 Å². The van der Waals surface area contributed by atoms with Crippen LogP contribution in [0.5, 0.6) is 0 Å². The summed E-state index contributed by atoms with van der Waals surface area (Å²) < 4.78 is 5.45. The molecular formula is C19H20N4O2. The van der Waals surface area contributed by atoms with E-state index in [-0.39, 0.29) is 17.6 Å². The van der Waals surface area contributed by atoms with Crippen LogP contribution in [0.1, 0.15) is 36.8 Å². The highest BCUT2D eigenvalue weighted by Gasteiger charge is 2.23. The Hall–Kier alpha value is -2.91. The molecule has 1 aromatic carbocycles. The molecular weight excluding hydrogens is 316 g/mol. The molecule has 3 rings (SSSR count). The number of hydrogen-bond donors (Lipinski definition) is 2. The highest BCUT2D eigenvalue weighted by atomic mass is 16.5. The number of nitrogens with one attached hydrogen (secondary N) is 1. The number of benzene rings is 1. The van der Waals surface area contributed by atoms with Crippen molar-refractivity contribution in [3.63, 3.8) is 0 Å². The van der Waals surface area contributed by atoms with Crippen molar-refractivity contribution >= 4 is 17.4 Å². The molecule has 1 aromatic heterocycles. The van der Waals surface area contributed by atoms with E-state index >= 15 is 0 Å². The molecule has 1 aliphatic heterocycles. The average Bonchev–Trinajstić information content (AvgIpc) is 3.15. The smallest absolute Gasteiger partial charge is 0.224 e. The van der Waals surface area contributed by atoms with Gasteiger partial charge in [0.1, 0.15) is 11.9 Å². The minimum absolute atomic E-state index is 0.0479. The highest BCUT2D eigenvalue weighted by molar-refractivity contribution is 5.91. The second-order valence-corrected chi connectivity index (χ2v) is 6.01. The lowest BCUT2D eigenvalue weighted by Crippen LogP contribution is -2.09. The molecule has 1 unspecified atom stereocenters. The second kappa shape index (κ2) is 7.32. The van der Waals surface area contributed by atoms with E-state index < -0.39 is 0 Å². The number of carbonyl (C=O) groups is 1. The van der Waals surface area contributed by atoms with E-state index in [2.05, 4.69) is 16.4 Å². The van der Waals surface area contributed by atoms with Crippen LogP contribution in [0.2, 0.25) is 0 Å². The quantitative estimate of drug-likeness (QED) is 0.893. The monoisotopic (exact) mass is 336 g/mol. The number of nitriles is 1. The number of hydrogen-bond acceptors (Lipinski definition) is 5. The molecule has 25 heavy (non-hydrogen) atoms. The van der Waals surface area contributed by atoms with Gasteiger partial charge < -0.3 is 15.8 Å². The molecule has 0 bridgehead atoms. The van der Waals surface area contributed by atoms with Crippen LogP contribution in [0.4, 0.5) is 11.5 Å². The third-order valence-electron chi connectivity index (χ3n) is 4.32. The standard InChI is InChI=1S/C19H20N4O2/c1-2-18(24)22-14-5-3-4-12(8-14)17-9-15(13-6-7-25-11-13)16(10-20)19(21)23-17/h3-5,8-9,13H,2,6-7,11H2,1H3,(H2,21,23)(H,22,24). The summed E-state index contributed by atoms with van der Waals surface area (Å²) in [7, 11) is 0. The first-order valence-electron chi connectivity index (χ1n) is 8.31. The number of nitrogens with two attached hydrogens (primary N) is 1. The molecule has 3 N–H and O–H groups in total. The van der Waals surface area contributed by atoms with Crippen molar-refractivity contribution in [1.29, 1.82) is 5.26 Å². The lowest BCUT2D eigenvalue weighted by molar-refractivity contribution is -0.115. The molecule has 6 nitrogen and oxygen atoms in total. The minimum Gasteiger partial charge on any atom is -0.383 e. The first kappa shape index (κ1) is 16.9. The van der Waals surface area contributed by atoms with Gasteiger partial charge in [0, 0.05) is 30.2 Å².